The van der Waals surface area contributed by atoms with Crippen LogP contribution >= 0.6 is 0 Å². The molecule has 0 radical (unpaired) electrons. The number of halogens is 4. The molecule has 1 aromatic rings. The van der Waals surface area contributed by atoms with Crippen LogP contribution in [0.4, 0.5) is 17.6 Å². The molecule has 0 aromatic heterocycles. The molecule has 18 heavy (non-hydrogen) atoms. The third-order valence-corrected chi connectivity index (χ3v) is 3.65. The van der Waals surface area contributed by atoms with Gasteiger partial charge in [-0.2, -0.15) is 8.78 Å². The van der Waals surface area contributed by atoms with Crippen LogP contribution in [-0.2, 0) is 10.8 Å². The van der Waals surface area contributed by atoms with Crippen molar-refractivity contribution in [2.75, 3.05) is 0 Å². The quantitative estimate of drug-likeness (QED) is 0.595. The van der Waals surface area contributed by atoms with E-state index in [9.17, 15) is 21.8 Å². The Kier molecular flexibility index (Phi) is 3.41. The third-order valence-electron chi connectivity index (χ3n) is 2.15. The van der Waals surface area contributed by atoms with E-state index < -0.39 is 43.9 Å². The van der Waals surface area contributed by atoms with Gasteiger partial charge in [0.2, 0.25) is 4.91 Å². The molecule has 2 rings (SSSR count). The van der Waals surface area contributed by atoms with Gasteiger partial charge in [0, 0.05) is 0 Å². The molecule has 1 atom stereocenters. The summed E-state index contributed by atoms with van der Waals surface area (Å²) in [5.74, 6) is -4.64. The van der Waals surface area contributed by atoms with Crippen molar-refractivity contribution < 1.29 is 21.8 Å². The maximum atomic E-state index is 13.4. The summed E-state index contributed by atoms with van der Waals surface area (Å²) >= 11 is 0. The van der Waals surface area contributed by atoms with Crippen LogP contribution in [-0.4, -0.2) is 4.21 Å². The Morgan fingerprint density at radius 2 is 1.67 bits per heavy atom. The third kappa shape index (κ3) is 2.12. The Labute approximate surface area is 103 Å². The van der Waals surface area contributed by atoms with Gasteiger partial charge in [0.15, 0.2) is 10.8 Å². The minimum atomic E-state index is -2.62. The second-order valence-electron chi connectivity index (χ2n) is 3.29. The SMILES string of the molecule is O=S(C1=C(F)C=C[C+]=C1F)c1c(F)cccc1F. The Morgan fingerprint density at radius 1 is 1.06 bits per heavy atom. The maximum absolute atomic E-state index is 13.4. The monoisotopic (exact) mass is 273 g/mol. The van der Waals surface area contributed by atoms with E-state index in [1.165, 1.54) is 0 Å². The Balaban J connectivity index is 2.57. The van der Waals surface area contributed by atoms with Gasteiger partial charge >= 0.3 is 5.83 Å². The van der Waals surface area contributed by atoms with E-state index in [-0.39, 0.29) is 0 Å². The number of rotatable bonds is 2. The lowest BCUT2D eigenvalue weighted by atomic mass is 10.3. The van der Waals surface area contributed by atoms with Crippen LogP contribution in [0.5, 0.6) is 0 Å². The van der Waals surface area contributed by atoms with E-state index in [2.05, 4.69) is 0 Å². The molecule has 1 aliphatic rings. The van der Waals surface area contributed by atoms with Crippen molar-refractivity contribution in [1.29, 1.82) is 0 Å². The molecule has 0 saturated heterocycles. The summed E-state index contributed by atoms with van der Waals surface area (Å²) in [6, 6.07) is 2.78. The lowest BCUT2D eigenvalue weighted by Gasteiger charge is -2.03. The Morgan fingerprint density at radius 3 is 2.22 bits per heavy atom. The minimum absolute atomic E-state index is 0.815. The van der Waals surface area contributed by atoms with Crippen molar-refractivity contribution in [3.63, 3.8) is 0 Å². The standard InChI is InChI=1S/C12H5F4OS/c13-7-3-1-4-8(14)11(7)18(17)12-9(15)5-2-6-10(12)16/h1-5H/q+1. The summed E-state index contributed by atoms with van der Waals surface area (Å²) in [5.41, 5.74) is 0. The van der Waals surface area contributed by atoms with Crippen LogP contribution in [0.25, 0.3) is 0 Å². The van der Waals surface area contributed by atoms with Gasteiger partial charge in [0.05, 0.1) is 12.2 Å². The van der Waals surface area contributed by atoms with Gasteiger partial charge in [-0.05, 0) is 12.1 Å². The van der Waals surface area contributed by atoms with Gasteiger partial charge in [-0.15, -0.1) is 0 Å². The first-order valence-corrected chi connectivity index (χ1v) is 5.89. The van der Waals surface area contributed by atoms with E-state index in [0.29, 0.717) is 0 Å². The topological polar surface area (TPSA) is 17.1 Å². The zero-order valence-electron chi connectivity index (χ0n) is 8.72. The molecule has 1 nitrogen and oxygen atoms in total. The van der Waals surface area contributed by atoms with E-state index in [4.69, 9.17) is 0 Å². The summed E-state index contributed by atoms with van der Waals surface area (Å²) in [5, 5.41) is 0. The van der Waals surface area contributed by atoms with Gasteiger partial charge in [0.1, 0.15) is 22.6 Å². The number of allylic oxidation sites excluding steroid dienone is 5. The largest absolute Gasteiger partial charge is 0.305 e. The molecule has 0 saturated carbocycles. The molecule has 1 aromatic carbocycles. The molecular weight excluding hydrogens is 268 g/mol. The van der Waals surface area contributed by atoms with Crippen LogP contribution in [0, 0.1) is 17.7 Å². The Hall–Kier alpha value is -1.78. The zero-order valence-corrected chi connectivity index (χ0v) is 9.53. The van der Waals surface area contributed by atoms with E-state index in [1.54, 1.807) is 0 Å². The summed E-state index contributed by atoms with van der Waals surface area (Å²) in [7, 11) is -2.62. The van der Waals surface area contributed by atoms with Crippen molar-refractivity contribution >= 4 is 10.8 Å². The molecule has 0 bridgehead atoms. The molecule has 1 aliphatic carbocycles. The average molecular weight is 273 g/mol. The van der Waals surface area contributed by atoms with Crippen molar-refractivity contribution in [2.45, 2.75) is 4.90 Å². The fraction of sp³-hybridized carbons (Fsp3) is 0. The molecule has 0 spiro atoms. The predicted octanol–water partition coefficient (Wildman–Crippen LogP) is 3.48. The van der Waals surface area contributed by atoms with Crippen molar-refractivity contribution in [3.05, 3.63) is 64.6 Å². The molecule has 0 aliphatic heterocycles. The van der Waals surface area contributed by atoms with Crippen LogP contribution < -0.4 is 0 Å². The van der Waals surface area contributed by atoms with Crippen molar-refractivity contribution in [1.82, 2.24) is 0 Å². The molecule has 0 N–H and O–H groups in total. The van der Waals surface area contributed by atoms with Crippen LogP contribution in [0.3, 0.4) is 0 Å². The second kappa shape index (κ2) is 4.84. The van der Waals surface area contributed by atoms with E-state index in [1.807, 2.05) is 6.08 Å². The van der Waals surface area contributed by atoms with Gasteiger partial charge < -0.3 is 0 Å². The van der Waals surface area contributed by atoms with Gasteiger partial charge in [-0.1, -0.05) is 6.07 Å². The molecule has 92 valence electrons. The van der Waals surface area contributed by atoms with Crippen LogP contribution in [0.15, 0.2) is 51.8 Å². The number of benzene rings is 1. The van der Waals surface area contributed by atoms with Crippen LogP contribution in [0.1, 0.15) is 0 Å². The summed E-state index contributed by atoms with van der Waals surface area (Å²) in [6.07, 6.45) is 3.75. The number of hydrogen-bond donors (Lipinski definition) is 0. The lowest BCUT2D eigenvalue weighted by molar-refractivity contribution is 0.534. The molecule has 0 fully saturated rings. The fourth-order valence-electron chi connectivity index (χ4n) is 1.37. The zero-order chi connectivity index (χ0) is 13.3. The molecule has 0 heterocycles. The first-order chi connectivity index (χ1) is 8.52. The summed E-state index contributed by atoms with van der Waals surface area (Å²) in [4.78, 5) is -1.79. The second-order valence-corrected chi connectivity index (χ2v) is 4.64. The van der Waals surface area contributed by atoms with E-state index in [0.717, 1.165) is 30.4 Å². The van der Waals surface area contributed by atoms with E-state index >= 15 is 0 Å². The number of hydrogen-bond acceptors (Lipinski definition) is 1. The minimum Gasteiger partial charge on any atom is -0.234 e. The highest BCUT2D eigenvalue weighted by atomic mass is 32.2. The molecule has 0 amide bonds. The average Bonchev–Trinajstić information content (AvgIpc) is 2.28. The van der Waals surface area contributed by atoms with Gasteiger partial charge in [-0.3, -0.25) is 0 Å². The highest BCUT2D eigenvalue weighted by Gasteiger charge is 2.33. The highest BCUT2D eigenvalue weighted by molar-refractivity contribution is 7.89. The summed E-state index contributed by atoms with van der Waals surface area (Å²) < 4.78 is 65.3. The molecule has 1 unspecified atom stereocenters. The predicted molar refractivity (Wildman–Crippen MR) is 57.9 cm³/mol. The summed E-state index contributed by atoms with van der Waals surface area (Å²) in [6.45, 7) is 0. The normalized spacial score (nSPS) is 16.3. The van der Waals surface area contributed by atoms with Gasteiger partial charge in [0.25, 0.3) is 5.83 Å². The molecule has 6 heteroatoms. The van der Waals surface area contributed by atoms with Crippen LogP contribution in [0.2, 0.25) is 0 Å². The maximum Gasteiger partial charge on any atom is 0.305 e. The molecular formula is C12H5F4OS+. The highest BCUT2D eigenvalue weighted by Crippen LogP contribution is 2.31. The Bertz CT molecular complexity index is 596. The lowest BCUT2D eigenvalue weighted by Crippen LogP contribution is -2.05. The first kappa shape index (κ1) is 12.7. The van der Waals surface area contributed by atoms with Gasteiger partial charge in [-0.25, -0.2) is 13.0 Å². The van der Waals surface area contributed by atoms with Crippen molar-refractivity contribution in [2.24, 2.45) is 0 Å². The fourth-order valence-corrected chi connectivity index (χ4v) is 2.53. The first-order valence-electron chi connectivity index (χ1n) is 4.74. The smallest absolute Gasteiger partial charge is 0.234 e. The van der Waals surface area contributed by atoms with Crippen molar-refractivity contribution in [3.8, 4) is 0 Å².